The van der Waals surface area contributed by atoms with E-state index >= 15 is 4.39 Å². The molecular formula is C22H28BClFN3O4. The Balaban J connectivity index is 1.51. The normalized spacial score (nSPS) is 27.8. The first-order chi connectivity index (χ1) is 15.3. The van der Waals surface area contributed by atoms with Crippen molar-refractivity contribution in [3.8, 4) is 22.9 Å². The molecule has 4 rings (SSSR count). The highest BCUT2D eigenvalue weighted by Crippen LogP contribution is 2.44. The predicted molar refractivity (Wildman–Crippen MR) is 121 cm³/mol. The van der Waals surface area contributed by atoms with E-state index in [-0.39, 0.29) is 24.3 Å². The summed E-state index contributed by atoms with van der Waals surface area (Å²) in [6, 6.07) is 4.86. The number of ether oxygens (including phenoxy) is 3. The third kappa shape index (κ3) is 4.57. The van der Waals surface area contributed by atoms with Gasteiger partial charge in [-0.15, -0.1) is 0 Å². The van der Waals surface area contributed by atoms with Crippen molar-refractivity contribution < 1.29 is 23.6 Å². The Morgan fingerprint density at radius 3 is 2.84 bits per heavy atom. The zero-order valence-corrected chi connectivity index (χ0v) is 19.3. The number of piperidine rings is 2. The molecule has 4 atom stereocenters. The van der Waals surface area contributed by atoms with Gasteiger partial charge in [-0.25, -0.2) is 14.4 Å². The lowest BCUT2D eigenvalue weighted by Gasteiger charge is -2.57. The molecule has 10 heteroatoms. The summed E-state index contributed by atoms with van der Waals surface area (Å²) in [5.74, 6) is 0.791. The molecule has 1 N–H and O–H groups in total. The first-order valence-electron chi connectivity index (χ1n) is 10.8. The first-order valence-corrected chi connectivity index (χ1v) is 11.2. The quantitative estimate of drug-likeness (QED) is 0.491. The van der Waals surface area contributed by atoms with E-state index in [9.17, 15) is 5.02 Å². The van der Waals surface area contributed by atoms with Crippen LogP contribution in [0.3, 0.4) is 0 Å². The maximum absolute atomic E-state index is 15.4. The molecule has 2 bridgehead atoms. The van der Waals surface area contributed by atoms with Crippen LogP contribution in [-0.2, 0) is 4.74 Å². The molecular weight excluding hydrogens is 436 g/mol. The van der Waals surface area contributed by atoms with E-state index in [1.165, 1.54) is 13.3 Å². The second kappa shape index (κ2) is 9.51. The van der Waals surface area contributed by atoms with Gasteiger partial charge in [0.1, 0.15) is 11.9 Å². The van der Waals surface area contributed by atoms with Crippen molar-refractivity contribution in [2.75, 3.05) is 13.9 Å². The molecule has 0 saturated carbocycles. The van der Waals surface area contributed by atoms with Crippen molar-refractivity contribution in [1.29, 1.82) is 0 Å². The molecule has 0 aliphatic carbocycles. The maximum Gasteiger partial charge on any atom is 0.377 e. The van der Waals surface area contributed by atoms with E-state index in [0.717, 1.165) is 12.8 Å². The van der Waals surface area contributed by atoms with Crippen molar-refractivity contribution in [1.82, 2.24) is 14.8 Å². The van der Waals surface area contributed by atoms with Gasteiger partial charge in [-0.05, 0) is 44.8 Å². The molecule has 0 spiro atoms. The molecule has 2 saturated heterocycles. The average molecular weight is 464 g/mol. The molecule has 7 nitrogen and oxygen atoms in total. The average Bonchev–Trinajstić information content (AvgIpc) is 2.76. The minimum atomic E-state index is -1.22. The van der Waals surface area contributed by atoms with E-state index in [1.54, 1.807) is 31.2 Å². The van der Waals surface area contributed by atoms with Gasteiger partial charge in [-0.2, -0.15) is 0 Å². The van der Waals surface area contributed by atoms with Crippen molar-refractivity contribution >= 4 is 18.7 Å². The van der Waals surface area contributed by atoms with Crippen molar-refractivity contribution in [2.45, 2.75) is 63.3 Å². The van der Waals surface area contributed by atoms with E-state index in [1.807, 2.05) is 4.81 Å². The highest BCUT2D eigenvalue weighted by molar-refractivity contribution is 6.45. The fraction of sp³-hybridized carbons (Fsp3) is 0.545. The van der Waals surface area contributed by atoms with Crippen LogP contribution in [0.5, 0.6) is 11.6 Å². The molecule has 32 heavy (non-hydrogen) atoms. The minimum absolute atomic E-state index is 0.0743. The van der Waals surface area contributed by atoms with Gasteiger partial charge in [0, 0.05) is 35.7 Å². The number of rotatable bonds is 7. The van der Waals surface area contributed by atoms with Gasteiger partial charge in [0.25, 0.3) is 0 Å². The zero-order valence-electron chi connectivity index (χ0n) is 18.5. The van der Waals surface area contributed by atoms with E-state index in [4.69, 9.17) is 25.8 Å². The Hall–Kier alpha value is -1.94. The smallest absolute Gasteiger partial charge is 0.377 e. The number of fused-ring (bicyclic) bond motifs is 2. The third-order valence-electron chi connectivity index (χ3n) is 6.41. The largest absolute Gasteiger partial charge is 0.470 e. The van der Waals surface area contributed by atoms with Gasteiger partial charge in [0.15, 0.2) is 13.0 Å². The van der Waals surface area contributed by atoms with Crippen LogP contribution in [0.4, 0.5) is 4.39 Å². The van der Waals surface area contributed by atoms with Crippen LogP contribution in [0.1, 0.15) is 32.6 Å². The number of benzene rings is 1. The number of hydrogen-bond acceptors (Lipinski definition) is 7. The molecule has 2 fully saturated rings. The van der Waals surface area contributed by atoms with Crippen LogP contribution in [0.15, 0.2) is 30.6 Å². The molecule has 2 aliphatic rings. The van der Waals surface area contributed by atoms with Crippen LogP contribution in [0.2, 0.25) is 11.8 Å². The molecule has 2 aromatic rings. The number of methoxy groups -OCH3 is 1. The summed E-state index contributed by atoms with van der Waals surface area (Å²) in [7, 11) is 0.840. The van der Waals surface area contributed by atoms with Gasteiger partial charge < -0.3 is 24.0 Å². The molecule has 3 heterocycles. The summed E-state index contributed by atoms with van der Waals surface area (Å²) in [4.78, 5) is 10.7. The van der Waals surface area contributed by atoms with E-state index in [2.05, 4.69) is 16.9 Å². The summed E-state index contributed by atoms with van der Waals surface area (Å²) >= 11 is 6.08. The molecule has 172 valence electrons. The van der Waals surface area contributed by atoms with Crippen molar-refractivity contribution in [2.24, 2.45) is 0 Å². The second-order valence-corrected chi connectivity index (χ2v) is 9.17. The van der Waals surface area contributed by atoms with Gasteiger partial charge in [-0.3, -0.25) is 0 Å². The zero-order chi connectivity index (χ0) is 22.9. The van der Waals surface area contributed by atoms with Crippen LogP contribution >= 0.6 is 11.6 Å². The Morgan fingerprint density at radius 2 is 2.16 bits per heavy atom. The summed E-state index contributed by atoms with van der Waals surface area (Å²) in [5, 5.41) is 10.8. The van der Waals surface area contributed by atoms with Crippen LogP contribution in [-0.4, -0.2) is 64.6 Å². The fourth-order valence-electron chi connectivity index (χ4n) is 5.13. The summed E-state index contributed by atoms with van der Waals surface area (Å²) in [5.41, 5.74) is 0.972. The first kappa shape index (κ1) is 23.2. The lowest BCUT2D eigenvalue weighted by atomic mass is 9.65. The molecule has 2 aliphatic heterocycles. The number of nitrogens with zero attached hydrogens (tertiary/aromatic N) is 3. The van der Waals surface area contributed by atoms with Crippen molar-refractivity contribution in [3.63, 3.8) is 0 Å². The Kier molecular flexibility index (Phi) is 6.90. The Bertz CT molecular complexity index is 938. The summed E-state index contributed by atoms with van der Waals surface area (Å²) in [6.07, 6.45) is 4.22. The van der Waals surface area contributed by atoms with E-state index in [0.29, 0.717) is 34.9 Å². The Labute approximate surface area is 193 Å². The predicted octanol–water partition coefficient (Wildman–Crippen LogP) is 3.99. The molecule has 1 aromatic heterocycles. The van der Waals surface area contributed by atoms with Crippen LogP contribution in [0, 0.1) is 0 Å². The number of hydrogen-bond donors (Lipinski definition) is 1. The maximum atomic E-state index is 15.4. The highest BCUT2D eigenvalue weighted by atomic mass is 35.5. The standard InChI is InChI=1S/C22H28BClFN3O4/c1-22-8-4-5-17(28(22)23(2)29)21(25)19(10-22)32-20-12-26-16(11-27-20)15-7-6-14(24)9-18(15)31-13-30-3/h6-7,9,11-12,17,19,21,29H,4-5,8,10,13H2,1-3H3/t17?,19-,21+,22-/m0/s1. The van der Waals surface area contributed by atoms with E-state index < -0.39 is 19.3 Å². The lowest BCUT2D eigenvalue weighted by Crippen LogP contribution is -2.70. The van der Waals surface area contributed by atoms with Crippen molar-refractivity contribution in [3.05, 3.63) is 35.6 Å². The fourth-order valence-corrected chi connectivity index (χ4v) is 5.29. The highest BCUT2D eigenvalue weighted by Gasteiger charge is 2.54. The van der Waals surface area contributed by atoms with Crippen LogP contribution in [0.25, 0.3) is 11.3 Å². The Morgan fingerprint density at radius 1 is 1.34 bits per heavy atom. The third-order valence-corrected chi connectivity index (χ3v) is 6.65. The SMILES string of the molecule is COCOc1cc(Cl)ccc1-c1cnc(O[C@H]2C[C@]3(C)CCCC([C@H]2F)N3B(C)O)cn1. The van der Waals surface area contributed by atoms with Crippen LogP contribution < -0.4 is 9.47 Å². The van der Waals surface area contributed by atoms with Gasteiger partial charge >= 0.3 is 7.05 Å². The van der Waals surface area contributed by atoms with Gasteiger partial charge in [-0.1, -0.05) is 18.0 Å². The summed E-state index contributed by atoms with van der Waals surface area (Å²) in [6.45, 7) is 3.85. The van der Waals surface area contributed by atoms with Gasteiger partial charge in [0.05, 0.1) is 18.1 Å². The molecule has 0 amide bonds. The number of halogens is 2. The molecule has 0 radical (unpaired) electrons. The summed E-state index contributed by atoms with van der Waals surface area (Å²) < 4.78 is 31.9. The monoisotopic (exact) mass is 463 g/mol. The topological polar surface area (TPSA) is 76.9 Å². The number of alkyl halides is 1. The van der Waals surface area contributed by atoms with Gasteiger partial charge in [0.2, 0.25) is 5.88 Å². The molecule has 1 aromatic carbocycles. The lowest BCUT2D eigenvalue weighted by molar-refractivity contribution is -0.0836. The second-order valence-electron chi connectivity index (χ2n) is 8.73. The number of aromatic nitrogens is 2. The minimum Gasteiger partial charge on any atom is -0.470 e. The molecule has 1 unspecified atom stereocenters.